The monoisotopic (exact) mass is 176 g/mol. The second-order valence-electron chi connectivity index (χ2n) is 1.94. The number of aliphatic hydroxyl groups excluding tert-OH is 1. The van der Waals surface area contributed by atoms with Gasteiger partial charge in [0.25, 0.3) is 0 Å². The number of hydrogen-bond donors (Lipinski definition) is 1. The number of alkyl halides is 4. The summed E-state index contributed by atoms with van der Waals surface area (Å²) in [7, 11) is 0. The highest BCUT2D eigenvalue weighted by Gasteiger charge is 2.27. The minimum atomic E-state index is -4.42. The molecule has 0 amide bonds. The molecule has 0 aliphatic carbocycles. The van der Waals surface area contributed by atoms with Crippen molar-refractivity contribution in [2.45, 2.75) is 12.3 Å². The van der Waals surface area contributed by atoms with E-state index >= 15 is 0 Å². The van der Waals surface area contributed by atoms with Gasteiger partial charge in [0.1, 0.15) is 19.4 Å². The molecule has 0 rings (SSSR count). The Bertz CT molecular complexity index is 103. The fraction of sp³-hybridized carbons (Fsp3) is 1.00. The molecule has 6 heteroatoms. The van der Waals surface area contributed by atoms with Crippen LogP contribution in [0.25, 0.3) is 0 Å². The van der Waals surface area contributed by atoms with E-state index in [2.05, 4.69) is 4.74 Å². The number of hydrogen-bond acceptors (Lipinski definition) is 2. The van der Waals surface area contributed by atoms with Crippen molar-refractivity contribution in [2.24, 2.45) is 0 Å². The molecule has 0 saturated heterocycles. The van der Waals surface area contributed by atoms with Gasteiger partial charge >= 0.3 is 6.18 Å². The van der Waals surface area contributed by atoms with Crippen LogP contribution in [0, 0.1) is 0 Å². The largest absolute Gasteiger partial charge is 0.411 e. The number of aliphatic hydroxyl groups is 1. The van der Waals surface area contributed by atoms with E-state index < -0.39 is 32.2 Å². The first-order valence-electron chi connectivity index (χ1n) is 2.84. The van der Waals surface area contributed by atoms with Crippen LogP contribution < -0.4 is 0 Å². The van der Waals surface area contributed by atoms with E-state index in [4.69, 9.17) is 5.11 Å². The van der Waals surface area contributed by atoms with Crippen LogP contribution in [0.5, 0.6) is 0 Å². The summed E-state index contributed by atoms with van der Waals surface area (Å²) in [6.45, 7) is -3.18. The van der Waals surface area contributed by atoms with Crippen LogP contribution in [0.1, 0.15) is 0 Å². The zero-order valence-corrected chi connectivity index (χ0v) is 5.57. The van der Waals surface area contributed by atoms with Crippen molar-refractivity contribution >= 4 is 0 Å². The molecule has 68 valence electrons. The topological polar surface area (TPSA) is 29.5 Å². The molecular formula is C5H8F4O2. The molecule has 0 aromatic rings. The van der Waals surface area contributed by atoms with Crippen molar-refractivity contribution < 1.29 is 27.4 Å². The quantitative estimate of drug-likeness (QED) is 0.644. The van der Waals surface area contributed by atoms with Gasteiger partial charge < -0.3 is 9.84 Å². The summed E-state index contributed by atoms with van der Waals surface area (Å²) in [6, 6.07) is 0. The third-order valence-corrected chi connectivity index (χ3v) is 0.754. The van der Waals surface area contributed by atoms with Gasteiger partial charge in [0, 0.05) is 0 Å². The van der Waals surface area contributed by atoms with Crippen LogP contribution in [-0.2, 0) is 4.74 Å². The molecule has 0 bridgehead atoms. The van der Waals surface area contributed by atoms with E-state index in [9.17, 15) is 17.6 Å². The number of rotatable bonds is 4. The van der Waals surface area contributed by atoms with Gasteiger partial charge in [-0.05, 0) is 0 Å². The van der Waals surface area contributed by atoms with Crippen LogP contribution in [0.4, 0.5) is 17.6 Å². The lowest BCUT2D eigenvalue weighted by atomic mass is 10.4. The molecule has 0 aliphatic heterocycles. The van der Waals surface area contributed by atoms with Crippen molar-refractivity contribution in [3.05, 3.63) is 0 Å². The van der Waals surface area contributed by atoms with Gasteiger partial charge in [-0.2, -0.15) is 13.2 Å². The molecule has 11 heavy (non-hydrogen) atoms. The molecule has 0 unspecified atom stereocenters. The van der Waals surface area contributed by atoms with Gasteiger partial charge in [-0.25, -0.2) is 4.39 Å². The minimum absolute atomic E-state index is 0.629. The normalized spacial score (nSPS) is 15.0. The first-order valence-corrected chi connectivity index (χ1v) is 2.84. The second-order valence-corrected chi connectivity index (χ2v) is 1.94. The Labute approximate surface area is 60.8 Å². The van der Waals surface area contributed by atoms with E-state index in [0.717, 1.165) is 0 Å². The predicted molar refractivity (Wildman–Crippen MR) is 28.9 cm³/mol. The SMILES string of the molecule is O[C@H](CF)COCC(F)(F)F. The summed E-state index contributed by atoms with van der Waals surface area (Å²) < 4.78 is 49.3. The molecule has 1 atom stereocenters. The molecule has 0 saturated carbocycles. The van der Waals surface area contributed by atoms with Crippen LogP contribution >= 0.6 is 0 Å². The Hall–Kier alpha value is -0.360. The van der Waals surface area contributed by atoms with Gasteiger partial charge in [0.2, 0.25) is 0 Å². The fourth-order valence-electron chi connectivity index (χ4n) is 0.355. The molecule has 0 heterocycles. The maximum atomic E-state index is 11.4. The highest BCUT2D eigenvalue weighted by atomic mass is 19.4. The van der Waals surface area contributed by atoms with Crippen LogP contribution in [-0.4, -0.2) is 37.3 Å². The van der Waals surface area contributed by atoms with Gasteiger partial charge in [0.15, 0.2) is 0 Å². The molecule has 2 nitrogen and oxygen atoms in total. The molecule has 1 N–H and O–H groups in total. The molecule has 0 aliphatic rings. The second kappa shape index (κ2) is 4.50. The van der Waals surface area contributed by atoms with Gasteiger partial charge in [-0.15, -0.1) is 0 Å². The van der Waals surface area contributed by atoms with Gasteiger partial charge in [0.05, 0.1) is 6.61 Å². The van der Waals surface area contributed by atoms with Crippen molar-refractivity contribution in [1.82, 2.24) is 0 Å². The van der Waals surface area contributed by atoms with E-state index in [-0.39, 0.29) is 0 Å². The minimum Gasteiger partial charge on any atom is -0.388 e. The molecule has 0 fully saturated rings. The first kappa shape index (κ1) is 10.6. The highest BCUT2D eigenvalue weighted by molar-refractivity contribution is 4.51. The Balaban J connectivity index is 3.28. The number of halogens is 4. The van der Waals surface area contributed by atoms with Crippen molar-refractivity contribution in [2.75, 3.05) is 19.9 Å². The summed E-state index contributed by atoms with van der Waals surface area (Å²) in [4.78, 5) is 0. The summed E-state index contributed by atoms with van der Waals surface area (Å²) in [6.07, 6.45) is -5.88. The predicted octanol–water partition coefficient (Wildman–Crippen LogP) is 0.896. The molecule has 0 spiro atoms. The van der Waals surface area contributed by atoms with E-state index in [1.54, 1.807) is 0 Å². The lowest BCUT2D eigenvalue weighted by Gasteiger charge is -2.09. The summed E-state index contributed by atoms with van der Waals surface area (Å²) >= 11 is 0. The van der Waals surface area contributed by atoms with E-state index in [0.29, 0.717) is 0 Å². The maximum absolute atomic E-state index is 11.4. The third kappa shape index (κ3) is 7.54. The van der Waals surface area contributed by atoms with Crippen LogP contribution in [0.2, 0.25) is 0 Å². The van der Waals surface area contributed by atoms with Crippen molar-refractivity contribution in [3.63, 3.8) is 0 Å². The smallest absolute Gasteiger partial charge is 0.388 e. The van der Waals surface area contributed by atoms with E-state index in [1.807, 2.05) is 0 Å². The van der Waals surface area contributed by atoms with Crippen molar-refractivity contribution in [3.8, 4) is 0 Å². The number of ether oxygens (including phenoxy) is 1. The molecule has 0 aromatic carbocycles. The maximum Gasteiger partial charge on any atom is 0.411 e. The molecular weight excluding hydrogens is 168 g/mol. The summed E-state index contributed by atoms with van der Waals surface area (Å²) in [5.74, 6) is 0. The average Bonchev–Trinajstić information content (AvgIpc) is 1.85. The Morgan fingerprint density at radius 2 is 1.91 bits per heavy atom. The van der Waals surface area contributed by atoms with Crippen LogP contribution in [0.15, 0.2) is 0 Å². The third-order valence-electron chi connectivity index (χ3n) is 0.754. The van der Waals surface area contributed by atoms with E-state index in [1.165, 1.54) is 0 Å². The highest BCUT2D eigenvalue weighted by Crippen LogP contribution is 2.14. The van der Waals surface area contributed by atoms with Crippen LogP contribution in [0.3, 0.4) is 0 Å². The summed E-state index contributed by atoms with van der Waals surface area (Å²) in [5.41, 5.74) is 0. The fourth-order valence-corrected chi connectivity index (χ4v) is 0.355. The summed E-state index contributed by atoms with van der Waals surface area (Å²) in [5, 5.41) is 8.39. The molecule has 0 radical (unpaired) electrons. The first-order chi connectivity index (χ1) is 4.95. The zero-order chi connectivity index (χ0) is 8.91. The Kier molecular flexibility index (Phi) is 4.36. The Morgan fingerprint density at radius 3 is 2.27 bits per heavy atom. The lowest BCUT2D eigenvalue weighted by molar-refractivity contribution is -0.179. The Morgan fingerprint density at radius 1 is 1.36 bits per heavy atom. The standard InChI is InChI=1S/C5H8F4O2/c6-1-4(10)2-11-3-5(7,8)9/h4,10H,1-3H2/t4-/m1/s1. The van der Waals surface area contributed by atoms with Crippen molar-refractivity contribution in [1.29, 1.82) is 0 Å². The average molecular weight is 176 g/mol. The zero-order valence-electron chi connectivity index (χ0n) is 5.57. The molecule has 0 aromatic heterocycles. The van der Waals surface area contributed by atoms with Gasteiger partial charge in [-0.1, -0.05) is 0 Å². The van der Waals surface area contributed by atoms with Gasteiger partial charge in [-0.3, -0.25) is 0 Å². The lowest BCUT2D eigenvalue weighted by Crippen LogP contribution is -2.23.